The number of nitrogens with zero attached hydrogens (tertiary/aromatic N) is 5. The number of likely N-dealkylation sites (tertiary alicyclic amines) is 1. The molecule has 2 aromatic heterocycles. The number of aromatic nitrogens is 4. The minimum absolute atomic E-state index is 0.138. The summed E-state index contributed by atoms with van der Waals surface area (Å²) in [5, 5.41) is 8.48. The molecule has 21 heavy (non-hydrogen) atoms. The zero-order valence-electron chi connectivity index (χ0n) is 11.9. The van der Waals surface area contributed by atoms with E-state index < -0.39 is 0 Å². The third-order valence-electron chi connectivity index (χ3n) is 4.00. The molecule has 0 aliphatic carbocycles. The van der Waals surface area contributed by atoms with Crippen LogP contribution in [0.2, 0.25) is 0 Å². The molecule has 1 saturated heterocycles. The molecule has 2 aromatic rings. The summed E-state index contributed by atoms with van der Waals surface area (Å²) in [6.45, 7) is 3.44. The molecule has 6 nitrogen and oxygen atoms in total. The highest BCUT2D eigenvalue weighted by atomic mass is 79.9. The van der Waals surface area contributed by atoms with E-state index in [9.17, 15) is 4.79 Å². The first kappa shape index (κ1) is 14.3. The first-order chi connectivity index (χ1) is 10.1. The van der Waals surface area contributed by atoms with Gasteiger partial charge in [0.2, 0.25) is 5.91 Å². The Labute approximate surface area is 131 Å². The van der Waals surface area contributed by atoms with Crippen molar-refractivity contribution in [3.63, 3.8) is 0 Å². The zero-order valence-corrected chi connectivity index (χ0v) is 13.5. The third kappa shape index (κ3) is 3.02. The van der Waals surface area contributed by atoms with Crippen molar-refractivity contribution < 1.29 is 4.79 Å². The number of piperidine rings is 1. The molecule has 3 heterocycles. The molecular weight excluding hydrogens is 334 g/mol. The Morgan fingerprint density at radius 3 is 2.71 bits per heavy atom. The van der Waals surface area contributed by atoms with E-state index in [1.165, 1.54) is 0 Å². The number of hydrogen-bond acceptors (Lipinski definition) is 3. The van der Waals surface area contributed by atoms with E-state index >= 15 is 0 Å². The second-order valence-corrected chi connectivity index (χ2v) is 6.27. The average Bonchev–Trinajstić information content (AvgIpc) is 3.17. The fraction of sp³-hybridized carbons (Fsp3) is 0.500. The van der Waals surface area contributed by atoms with E-state index in [1.54, 1.807) is 17.1 Å². The molecular formula is C14H18BrN5O. The Balaban J connectivity index is 1.59. The summed E-state index contributed by atoms with van der Waals surface area (Å²) in [4.78, 5) is 14.4. The molecule has 112 valence electrons. The van der Waals surface area contributed by atoms with Gasteiger partial charge in [-0.05, 0) is 41.8 Å². The molecule has 1 aliphatic rings. The van der Waals surface area contributed by atoms with Crippen LogP contribution in [0, 0.1) is 0 Å². The molecule has 7 heteroatoms. The second-order valence-electron chi connectivity index (χ2n) is 5.36. The van der Waals surface area contributed by atoms with Gasteiger partial charge in [-0.3, -0.25) is 14.2 Å². The molecule has 0 radical (unpaired) electrons. The van der Waals surface area contributed by atoms with Gasteiger partial charge >= 0.3 is 0 Å². The molecule has 0 bridgehead atoms. The summed E-state index contributed by atoms with van der Waals surface area (Å²) >= 11 is 3.42. The van der Waals surface area contributed by atoms with Crippen molar-refractivity contribution in [2.24, 2.45) is 0 Å². The highest BCUT2D eigenvalue weighted by molar-refractivity contribution is 9.10. The molecule has 0 aromatic carbocycles. The fourth-order valence-corrected chi connectivity index (χ4v) is 3.05. The van der Waals surface area contributed by atoms with Gasteiger partial charge in [-0.2, -0.15) is 10.2 Å². The normalized spacial score (nSPS) is 17.9. The molecule has 0 spiro atoms. The third-order valence-corrected chi connectivity index (χ3v) is 4.41. The van der Waals surface area contributed by atoms with Crippen molar-refractivity contribution in [2.45, 2.75) is 31.8 Å². The summed E-state index contributed by atoms with van der Waals surface area (Å²) in [6, 6.07) is 1.97. The van der Waals surface area contributed by atoms with Crippen LogP contribution in [0.4, 0.5) is 0 Å². The Hall–Kier alpha value is -1.63. The van der Waals surface area contributed by atoms with E-state index in [1.807, 2.05) is 35.0 Å². The average molecular weight is 352 g/mol. The molecule has 1 aliphatic heterocycles. The van der Waals surface area contributed by atoms with Crippen LogP contribution in [-0.2, 0) is 4.79 Å². The minimum atomic E-state index is -0.240. The monoisotopic (exact) mass is 351 g/mol. The molecule has 1 atom stereocenters. The van der Waals surface area contributed by atoms with E-state index in [0.717, 1.165) is 30.4 Å². The number of carbonyl (C=O) groups excluding carboxylic acids is 1. The van der Waals surface area contributed by atoms with Gasteiger partial charge in [-0.15, -0.1) is 0 Å². The SMILES string of the molecule is CC(C(=O)N1CCC(n2cc(Br)cn2)CC1)n1cccn1. The maximum Gasteiger partial charge on any atom is 0.247 e. The smallest absolute Gasteiger partial charge is 0.247 e. The van der Waals surface area contributed by atoms with Crippen molar-refractivity contribution in [3.8, 4) is 0 Å². The van der Waals surface area contributed by atoms with Crippen molar-refractivity contribution in [3.05, 3.63) is 35.3 Å². The lowest BCUT2D eigenvalue weighted by Gasteiger charge is -2.33. The van der Waals surface area contributed by atoms with Crippen LogP contribution >= 0.6 is 15.9 Å². The second kappa shape index (κ2) is 6.01. The van der Waals surface area contributed by atoms with Gasteiger partial charge in [0.15, 0.2) is 0 Å². The number of rotatable bonds is 3. The number of carbonyl (C=O) groups is 1. The molecule has 3 rings (SSSR count). The predicted octanol–water partition coefficient (Wildman–Crippen LogP) is 2.27. The van der Waals surface area contributed by atoms with E-state index in [0.29, 0.717) is 6.04 Å². The number of halogens is 1. The van der Waals surface area contributed by atoms with Gasteiger partial charge < -0.3 is 4.90 Å². The van der Waals surface area contributed by atoms with Crippen LogP contribution < -0.4 is 0 Å². The van der Waals surface area contributed by atoms with Gasteiger partial charge in [0, 0.05) is 31.7 Å². The lowest BCUT2D eigenvalue weighted by Crippen LogP contribution is -2.42. The summed E-state index contributed by atoms with van der Waals surface area (Å²) in [6.07, 6.45) is 9.20. The van der Waals surface area contributed by atoms with Gasteiger partial charge in [-0.25, -0.2) is 0 Å². The van der Waals surface area contributed by atoms with Crippen molar-refractivity contribution in [1.82, 2.24) is 24.5 Å². The van der Waals surface area contributed by atoms with Crippen molar-refractivity contribution >= 4 is 21.8 Å². The topological polar surface area (TPSA) is 56.0 Å². The van der Waals surface area contributed by atoms with Crippen LogP contribution in [0.3, 0.4) is 0 Å². The summed E-state index contributed by atoms with van der Waals surface area (Å²) in [5.41, 5.74) is 0. The van der Waals surface area contributed by atoms with Crippen LogP contribution in [0.5, 0.6) is 0 Å². The first-order valence-electron chi connectivity index (χ1n) is 7.12. The fourth-order valence-electron chi connectivity index (χ4n) is 2.75. The van der Waals surface area contributed by atoms with Gasteiger partial charge in [0.1, 0.15) is 6.04 Å². The Morgan fingerprint density at radius 1 is 1.38 bits per heavy atom. The minimum Gasteiger partial charge on any atom is -0.341 e. The van der Waals surface area contributed by atoms with Crippen LogP contribution in [0.25, 0.3) is 0 Å². The Morgan fingerprint density at radius 2 is 2.14 bits per heavy atom. The van der Waals surface area contributed by atoms with Crippen molar-refractivity contribution in [1.29, 1.82) is 0 Å². The predicted molar refractivity (Wildman–Crippen MR) is 81.7 cm³/mol. The lowest BCUT2D eigenvalue weighted by molar-refractivity contribution is -0.135. The summed E-state index contributed by atoms with van der Waals surface area (Å²) in [5.74, 6) is 0.138. The summed E-state index contributed by atoms with van der Waals surface area (Å²) in [7, 11) is 0. The highest BCUT2D eigenvalue weighted by Gasteiger charge is 2.27. The Kier molecular flexibility index (Phi) is 4.10. The van der Waals surface area contributed by atoms with E-state index in [2.05, 4.69) is 26.1 Å². The van der Waals surface area contributed by atoms with Crippen molar-refractivity contribution in [2.75, 3.05) is 13.1 Å². The largest absolute Gasteiger partial charge is 0.341 e. The van der Waals surface area contributed by atoms with Gasteiger partial charge in [-0.1, -0.05) is 0 Å². The quantitative estimate of drug-likeness (QED) is 0.852. The van der Waals surface area contributed by atoms with Crippen LogP contribution in [0.1, 0.15) is 31.8 Å². The number of hydrogen-bond donors (Lipinski definition) is 0. The van der Waals surface area contributed by atoms with Gasteiger partial charge in [0.25, 0.3) is 0 Å². The summed E-state index contributed by atoms with van der Waals surface area (Å²) < 4.78 is 4.69. The maximum absolute atomic E-state index is 12.5. The maximum atomic E-state index is 12.5. The number of amides is 1. The Bertz CT molecular complexity index is 601. The van der Waals surface area contributed by atoms with Gasteiger partial charge in [0.05, 0.1) is 16.7 Å². The zero-order chi connectivity index (χ0) is 14.8. The van der Waals surface area contributed by atoms with E-state index in [4.69, 9.17) is 0 Å². The molecule has 0 saturated carbocycles. The van der Waals surface area contributed by atoms with Crippen LogP contribution in [-0.4, -0.2) is 43.5 Å². The molecule has 1 unspecified atom stereocenters. The first-order valence-corrected chi connectivity index (χ1v) is 7.92. The highest BCUT2D eigenvalue weighted by Crippen LogP contribution is 2.24. The van der Waals surface area contributed by atoms with E-state index in [-0.39, 0.29) is 11.9 Å². The standard InChI is InChI=1S/C14H18BrN5O/c1-11(19-6-2-5-16-19)14(21)18-7-3-13(4-8-18)20-10-12(15)9-17-20/h2,5-6,9-11,13H,3-4,7-8H2,1H3. The lowest BCUT2D eigenvalue weighted by atomic mass is 10.0. The van der Waals surface area contributed by atoms with Crippen LogP contribution in [0.15, 0.2) is 35.3 Å². The molecule has 1 fully saturated rings. The molecule has 1 amide bonds. The molecule has 0 N–H and O–H groups in total.